The van der Waals surface area contributed by atoms with E-state index in [2.05, 4.69) is 73.1 Å². The van der Waals surface area contributed by atoms with E-state index >= 15 is 0 Å². The van der Waals surface area contributed by atoms with Crippen LogP contribution < -0.4 is 37.5 Å². The third-order valence-corrected chi connectivity index (χ3v) is 11.2. The molecule has 6 rings (SSSR count). The van der Waals surface area contributed by atoms with Crippen molar-refractivity contribution in [1.82, 2.24) is 46.8 Å². The maximum absolute atomic E-state index is 14.7. The summed E-state index contributed by atoms with van der Waals surface area (Å²) in [4.78, 5) is 71.6. The lowest BCUT2D eigenvalue weighted by Crippen LogP contribution is -2.55. The Labute approximate surface area is 377 Å². The van der Waals surface area contributed by atoms with Gasteiger partial charge in [-0.15, -0.1) is 5.10 Å². The first kappa shape index (κ1) is 47.3. The number of likely N-dealkylation sites (N-methyl/N-ethyl adjacent to an activating group) is 1. The number of nitrogens with two attached hydrogens (primary N) is 2. The highest BCUT2D eigenvalue weighted by Crippen LogP contribution is 2.39. The minimum atomic E-state index is -1.38. The van der Waals surface area contributed by atoms with E-state index in [0.717, 1.165) is 30.4 Å². The maximum Gasteiger partial charge on any atom is 0.251 e. The van der Waals surface area contributed by atoms with Crippen LogP contribution in [0.3, 0.4) is 0 Å². The second kappa shape index (κ2) is 22.4. The summed E-state index contributed by atoms with van der Waals surface area (Å²) < 4.78 is 6.02. The molecule has 342 valence electrons. The first-order chi connectivity index (χ1) is 31.4. The number of carbonyl (C=O) groups is 5. The number of hydrogen-bond acceptors (Lipinski definition) is 12. The van der Waals surface area contributed by atoms with Crippen LogP contribution in [0.15, 0.2) is 84.9 Å². The van der Waals surface area contributed by atoms with Crippen molar-refractivity contribution in [1.29, 1.82) is 0 Å². The van der Waals surface area contributed by atoms with Crippen molar-refractivity contribution in [3.8, 4) is 33.8 Å². The fourth-order valence-corrected chi connectivity index (χ4v) is 7.60. The standard InChI is InChI=1S/C47H57N11O7/c1-4-5-7-29-9-12-31(13-10-29)32-14-16-33(17-15-32)44(61)52-37(8-6-21-48)47(64)58(3)42-34-18-20-40(65-23-22-49)36(26-34)35-24-30(11-19-39(35)59)25-38(53-43(60)28(2)51-46(42)63)45(62)50-27-41-54-56-57-55-41/h9-20,24,26,28,37-38,42,59H,4-8,21-23,25,27,48-49H2,1-3H3,(H,50,62)(H,51,63)(H,52,61)(H,53,60)(H,54,55,56,57)/t28-,37-,38-,42-/m0/s1. The molecule has 0 spiro atoms. The average molecular weight is 888 g/mol. The van der Waals surface area contributed by atoms with E-state index in [1.807, 2.05) is 12.1 Å². The molecule has 18 nitrogen and oxygen atoms in total. The molecule has 0 unspecified atom stereocenters. The topological polar surface area (TPSA) is 273 Å². The number of fused-ring (bicyclic) bond motifs is 5. The van der Waals surface area contributed by atoms with Crippen LogP contribution in [0.5, 0.6) is 11.5 Å². The van der Waals surface area contributed by atoms with Gasteiger partial charge in [-0.2, -0.15) is 0 Å². The van der Waals surface area contributed by atoms with Gasteiger partial charge in [-0.25, -0.2) is 5.10 Å². The van der Waals surface area contributed by atoms with Crippen LogP contribution in [0.1, 0.15) is 78.4 Å². The number of phenols is 1. The molecule has 4 bridgehead atoms. The third-order valence-electron chi connectivity index (χ3n) is 11.2. The Morgan fingerprint density at radius 1 is 0.908 bits per heavy atom. The summed E-state index contributed by atoms with van der Waals surface area (Å²) in [6.07, 6.45) is 3.78. The number of nitrogens with one attached hydrogen (secondary N) is 5. The Kier molecular flexibility index (Phi) is 16.3. The number of aromatic amines is 1. The lowest BCUT2D eigenvalue weighted by atomic mass is 9.93. The van der Waals surface area contributed by atoms with Crippen molar-refractivity contribution in [3.05, 3.63) is 113 Å². The molecule has 65 heavy (non-hydrogen) atoms. The number of amides is 5. The van der Waals surface area contributed by atoms with Gasteiger partial charge in [0.1, 0.15) is 42.3 Å². The molecule has 1 aromatic heterocycles. The number of rotatable bonds is 17. The quantitative estimate of drug-likeness (QED) is 0.0670. The summed E-state index contributed by atoms with van der Waals surface area (Å²) in [6.45, 7) is 4.10. The average Bonchev–Trinajstić information content (AvgIpc) is 3.85. The molecule has 18 heteroatoms. The molecule has 4 aromatic carbocycles. The van der Waals surface area contributed by atoms with Crippen molar-refractivity contribution < 1.29 is 33.8 Å². The number of carbonyl (C=O) groups excluding carboxylic acids is 5. The number of benzene rings is 4. The van der Waals surface area contributed by atoms with Gasteiger partial charge in [0, 0.05) is 36.7 Å². The van der Waals surface area contributed by atoms with Gasteiger partial charge in [-0.3, -0.25) is 24.0 Å². The molecule has 5 aromatic rings. The summed E-state index contributed by atoms with van der Waals surface area (Å²) in [7, 11) is 1.44. The molecule has 0 aliphatic carbocycles. The van der Waals surface area contributed by atoms with E-state index < -0.39 is 53.7 Å². The van der Waals surface area contributed by atoms with Gasteiger partial charge in [0.15, 0.2) is 5.82 Å². The van der Waals surface area contributed by atoms with Crippen molar-refractivity contribution in [2.45, 2.75) is 83.1 Å². The monoisotopic (exact) mass is 887 g/mol. The number of ether oxygens (including phenoxy) is 1. The number of unbranched alkanes of at least 4 members (excludes halogenated alkanes) is 1. The van der Waals surface area contributed by atoms with Crippen LogP contribution in [-0.2, 0) is 38.6 Å². The molecule has 1 aliphatic rings. The molecule has 5 amide bonds. The van der Waals surface area contributed by atoms with Crippen LogP contribution in [0, 0.1) is 0 Å². The maximum atomic E-state index is 14.7. The Balaban J connectivity index is 1.32. The van der Waals surface area contributed by atoms with Crippen LogP contribution in [0.2, 0.25) is 0 Å². The van der Waals surface area contributed by atoms with Gasteiger partial charge in [-0.1, -0.05) is 61.9 Å². The smallest absolute Gasteiger partial charge is 0.251 e. The van der Waals surface area contributed by atoms with Gasteiger partial charge < -0.3 is 47.5 Å². The fourth-order valence-electron chi connectivity index (χ4n) is 7.60. The first-order valence-electron chi connectivity index (χ1n) is 21.8. The molecule has 0 saturated heterocycles. The van der Waals surface area contributed by atoms with E-state index in [9.17, 15) is 29.1 Å². The molecule has 10 N–H and O–H groups in total. The summed E-state index contributed by atoms with van der Waals surface area (Å²) in [5.74, 6) is -2.62. The number of aryl methyl sites for hydroxylation is 1. The zero-order valence-electron chi connectivity index (χ0n) is 36.8. The van der Waals surface area contributed by atoms with E-state index in [-0.39, 0.29) is 56.2 Å². The summed E-state index contributed by atoms with van der Waals surface area (Å²) in [5, 5.41) is 35.7. The van der Waals surface area contributed by atoms with Gasteiger partial charge in [0.2, 0.25) is 23.6 Å². The van der Waals surface area contributed by atoms with Crippen LogP contribution >= 0.6 is 0 Å². The Morgan fingerprint density at radius 2 is 1.65 bits per heavy atom. The second-order valence-corrected chi connectivity index (χ2v) is 16.0. The van der Waals surface area contributed by atoms with E-state index in [1.54, 1.807) is 42.5 Å². The number of aromatic hydroxyl groups is 1. The number of phenolic OH excluding ortho intramolecular Hbond substituents is 1. The van der Waals surface area contributed by atoms with Crippen molar-refractivity contribution >= 4 is 29.5 Å². The molecular weight excluding hydrogens is 831 g/mol. The number of hydrogen-bond donors (Lipinski definition) is 8. The van der Waals surface area contributed by atoms with Gasteiger partial charge in [0.25, 0.3) is 5.91 Å². The number of H-pyrrole nitrogens is 1. The SMILES string of the molecule is CCCCc1ccc(-c2ccc(C(=O)N[C@@H](CCCN)C(=O)N(C)[C@@H]3C(=O)N[C@@H](C)C(=O)N[C@H](C(=O)NCc4nnn[nH]4)Cc4ccc(O)c(c4)-c4cc3ccc4OCCN)cc2)cc1. The van der Waals surface area contributed by atoms with Crippen molar-refractivity contribution in [2.24, 2.45) is 11.5 Å². The van der Waals surface area contributed by atoms with Crippen LogP contribution in [-0.4, -0.2) is 105 Å². The minimum absolute atomic E-state index is 0.00818. The fraction of sp³-hybridized carbons (Fsp3) is 0.362. The molecule has 0 saturated carbocycles. The summed E-state index contributed by atoms with van der Waals surface area (Å²) in [5.41, 5.74) is 16.8. The number of nitrogens with zero attached hydrogens (tertiary/aromatic N) is 4. The molecule has 4 atom stereocenters. The molecular formula is C47H57N11O7. The van der Waals surface area contributed by atoms with Crippen LogP contribution in [0.4, 0.5) is 0 Å². The Morgan fingerprint density at radius 3 is 2.32 bits per heavy atom. The first-order valence-corrected chi connectivity index (χ1v) is 21.8. The van der Waals surface area contributed by atoms with Gasteiger partial charge >= 0.3 is 0 Å². The van der Waals surface area contributed by atoms with E-state index in [1.165, 1.54) is 30.5 Å². The molecule has 2 heterocycles. The third kappa shape index (κ3) is 12.1. The van der Waals surface area contributed by atoms with E-state index in [0.29, 0.717) is 34.4 Å². The molecule has 0 fully saturated rings. The Hall–Kier alpha value is -7.18. The number of tetrazole rings is 1. The second-order valence-electron chi connectivity index (χ2n) is 16.0. The predicted molar refractivity (Wildman–Crippen MR) is 243 cm³/mol. The lowest BCUT2D eigenvalue weighted by molar-refractivity contribution is -0.141. The largest absolute Gasteiger partial charge is 0.507 e. The summed E-state index contributed by atoms with van der Waals surface area (Å²) >= 11 is 0. The van der Waals surface area contributed by atoms with Crippen molar-refractivity contribution in [3.63, 3.8) is 0 Å². The lowest BCUT2D eigenvalue weighted by Gasteiger charge is -2.32. The minimum Gasteiger partial charge on any atom is -0.507 e. The van der Waals surface area contributed by atoms with E-state index in [4.69, 9.17) is 16.2 Å². The predicted octanol–water partition coefficient (Wildman–Crippen LogP) is 2.82. The molecule has 0 radical (unpaired) electrons. The highest BCUT2D eigenvalue weighted by atomic mass is 16.5. The normalized spacial score (nSPS) is 16.6. The zero-order valence-corrected chi connectivity index (χ0v) is 36.8. The highest BCUT2D eigenvalue weighted by Gasteiger charge is 2.36. The van der Waals surface area contributed by atoms with Gasteiger partial charge in [0.05, 0.1) is 6.54 Å². The highest BCUT2D eigenvalue weighted by molar-refractivity contribution is 5.99. The Bertz CT molecular complexity index is 2430. The zero-order chi connectivity index (χ0) is 46.5. The number of aromatic nitrogens is 4. The molecule has 1 aliphatic heterocycles. The summed E-state index contributed by atoms with van der Waals surface area (Å²) in [6, 6.07) is 20.2. The van der Waals surface area contributed by atoms with Crippen LogP contribution in [0.25, 0.3) is 22.3 Å². The van der Waals surface area contributed by atoms with Crippen molar-refractivity contribution in [2.75, 3.05) is 26.7 Å². The van der Waals surface area contributed by atoms with Gasteiger partial charge in [-0.05, 0) is 114 Å².